The fraction of sp³-hybridized carbons (Fsp3) is 0.571. The monoisotopic (exact) mass is 472 g/mol. The Labute approximate surface area is 194 Å². The zero-order valence-corrected chi connectivity index (χ0v) is 18.9. The number of likely N-dealkylation sites (tertiary alicyclic amines) is 2. The van der Waals surface area contributed by atoms with Crippen LogP contribution >= 0.6 is 0 Å². The number of cyclic esters (lactones) is 1. The lowest BCUT2D eigenvalue weighted by Crippen LogP contribution is -2.53. The number of aliphatic hydroxyl groups is 1. The Kier molecular flexibility index (Phi) is 5.60. The molecule has 3 aliphatic heterocycles. The predicted molar refractivity (Wildman–Crippen MR) is 113 cm³/mol. The van der Waals surface area contributed by atoms with Crippen LogP contribution in [0, 0.1) is 12.3 Å². The van der Waals surface area contributed by atoms with Crippen molar-refractivity contribution in [2.45, 2.75) is 39.0 Å². The Hall–Kier alpha value is -3.32. The minimum atomic E-state index is -1.39. The number of alkyl halides is 1. The van der Waals surface area contributed by atoms with Gasteiger partial charge in [-0.1, -0.05) is 0 Å². The van der Waals surface area contributed by atoms with Crippen molar-refractivity contribution < 1.29 is 23.8 Å². The third-order valence-corrected chi connectivity index (χ3v) is 7.09. The Morgan fingerprint density at radius 2 is 2.06 bits per heavy atom. The van der Waals surface area contributed by atoms with Crippen LogP contribution in [0.3, 0.4) is 0 Å². The van der Waals surface area contributed by atoms with Crippen molar-refractivity contribution in [2.24, 2.45) is 5.41 Å². The lowest BCUT2D eigenvalue weighted by atomic mass is 9.75. The molecule has 0 bridgehead atoms. The first-order valence-electron chi connectivity index (χ1n) is 11.1. The van der Waals surface area contributed by atoms with Gasteiger partial charge in [-0.2, -0.15) is 9.78 Å². The van der Waals surface area contributed by atoms with E-state index in [1.807, 2.05) is 0 Å². The van der Waals surface area contributed by atoms with Gasteiger partial charge < -0.3 is 14.7 Å². The Balaban J connectivity index is 1.24. The van der Waals surface area contributed by atoms with Gasteiger partial charge >= 0.3 is 5.97 Å². The smallest absolute Gasteiger partial charge is 0.336 e. The van der Waals surface area contributed by atoms with Gasteiger partial charge in [-0.15, -0.1) is 10.2 Å². The quantitative estimate of drug-likeness (QED) is 0.586. The molecule has 0 aliphatic carbocycles. The lowest BCUT2D eigenvalue weighted by molar-refractivity contribution is -0.142. The molecule has 180 valence electrons. The summed E-state index contributed by atoms with van der Waals surface area (Å²) in [5, 5.41) is 29.9. The summed E-state index contributed by atoms with van der Waals surface area (Å²) >= 11 is 0. The Morgan fingerprint density at radius 3 is 2.71 bits per heavy atom. The van der Waals surface area contributed by atoms with Crippen LogP contribution in [0.4, 0.5) is 4.39 Å². The van der Waals surface area contributed by atoms with E-state index in [9.17, 15) is 14.7 Å². The highest BCUT2D eigenvalue weighted by Crippen LogP contribution is 2.45. The molecule has 3 unspecified atom stereocenters. The average molecular weight is 472 g/mol. The van der Waals surface area contributed by atoms with Gasteiger partial charge in [0.1, 0.15) is 25.2 Å². The van der Waals surface area contributed by atoms with E-state index >= 15 is 4.39 Å². The number of nitrogens with zero attached hydrogens (tertiary/aromatic N) is 8. The van der Waals surface area contributed by atoms with Crippen molar-refractivity contribution in [3.8, 4) is 5.82 Å². The molecule has 13 heteroatoms. The number of tetrazole rings is 1. The van der Waals surface area contributed by atoms with Crippen LogP contribution < -0.4 is 0 Å². The second-order valence-corrected chi connectivity index (χ2v) is 9.03. The van der Waals surface area contributed by atoms with E-state index in [1.54, 1.807) is 24.8 Å². The normalized spacial score (nSPS) is 26.6. The molecule has 0 radical (unpaired) electrons. The maximum absolute atomic E-state index is 15.5. The minimum Gasteiger partial charge on any atom is -0.456 e. The van der Waals surface area contributed by atoms with Gasteiger partial charge in [-0.3, -0.25) is 9.69 Å². The third-order valence-electron chi connectivity index (χ3n) is 7.09. The molecule has 2 saturated heterocycles. The van der Waals surface area contributed by atoms with E-state index in [-0.39, 0.29) is 25.6 Å². The van der Waals surface area contributed by atoms with Gasteiger partial charge in [0, 0.05) is 19.6 Å². The fourth-order valence-corrected chi connectivity index (χ4v) is 5.01. The minimum absolute atomic E-state index is 0.0271. The summed E-state index contributed by atoms with van der Waals surface area (Å²) in [7, 11) is 0. The molecule has 5 rings (SSSR count). The Morgan fingerprint density at radius 1 is 1.26 bits per heavy atom. The average Bonchev–Trinajstić information content (AvgIpc) is 3.53. The first-order valence-corrected chi connectivity index (χ1v) is 11.1. The highest BCUT2D eigenvalue weighted by atomic mass is 19.1. The van der Waals surface area contributed by atoms with Crippen LogP contribution in [0.25, 0.3) is 5.82 Å². The number of esters is 1. The molecule has 34 heavy (non-hydrogen) atoms. The molecule has 0 saturated carbocycles. The molecule has 2 fully saturated rings. The van der Waals surface area contributed by atoms with E-state index in [4.69, 9.17) is 4.74 Å². The maximum atomic E-state index is 15.5. The molecule has 2 aromatic heterocycles. The first-order chi connectivity index (χ1) is 16.3. The van der Waals surface area contributed by atoms with Crippen molar-refractivity contribution in [3.05, 3.63) is 34.9 Å². The first kappa shape index (κ1) is 22.5. The largest absolute Gasteiger partial charge is 0.456 e. The molecule has 5 heterocycles. The van der Waals surface area contributed by atoms with Crippen LogP contribution in [0.2, 0.25) is 0 Å². The molecule has 3 atom stereocenters. The van der Waals surface area contributed by atoms with Crippen LogP contribution in [0.1, 0.15) is 37.1 Å². The number of rotatable bonds is 5. The van der Waals surface area contributed by atoms with Gasteiger partial charge in [0.15, 0.2) is 5.82 Å². The molecule has 2 aromatic rings. The topological polar surface area (TPSA) is 139 Å². The number of aliphatic hydroxyl groups excluding tert-OH is 1. The van der Waals surface area contributed by atoms with Crippen LogP contribution in [0.5, 0.6) is 0 Å². The highest BCUT2D eigenvalue weighted by Gasteiger charge is 2.56. The number of ether oxygens (including phenoxy) is 1. The predicted octanol–water partition coefficient (Wildman–Crippen LogP) is -0.113. The standard InChI is InChI=1S/C21H25FN8O4/c1-12-7-17(30-11-23-26-27-30)24-25-18(12)15(31)8-28-5-3-21(16(22)9-28)4-6-29(20(21)33)14-10-34-19(32)13(14)2/h7,11,15-16,31H,3-6,8-10H2,1-2H3. The molecular weight excluding hydrogens is 447 g/mol. The molecular formula is C21H25FN8O4. The van der Waals surface area contributed by atoms with E-state index < -0.39 is 23.7 Å². The zero-order valence-electron chi connectivity index (χ0n) is 18.9. The Bertz CT molecular complexity index is 1160. The van der Waals surface area contributed by atoms with Crippen molar-refractivity contribution in [3.63, 3.8) is 0 Å². The van der Waals surface area contributed by atoms with Gasteiger partial charge in [-0.05, 0) is 55.3 Å². The number of piperidine rings is 1. The molecule has 1 amide bonds. The number of carbonyl (C=O) groups is 2. The molecule has 12 nitrogen and oxygen atoms in total. The van der Waals surface area contributed by atoms with E-state index in [0.717, 1.165) is 0 Å². The number of aromatic nitrogens is 6. The van der Waals surface area contributed by atoms with Gasteiger partial charge in [0.05, 0.1) is 22.4 Å². The van der Waals surface area contributed by atoms with Crippen molar-refractivity contribution in [1.82, 2.24) is 40.2 Å². The summed E-state index contributed by atoms with van der Waals surface area (Å²) in [5.41, 5.74) is 0.935. The summed E-state index contributed by atoms with van der Waals surface area (Å²) in [5.74, 6) is -0.298. The summed E-state index contributed by atoms with van der Waals surface area (Å²) in [6.07, 6.45) is -0.246. The number of carbonyl (C=O) groups excluding carboxylic acids is 2. The van der Waals surface area contributed by atoms with Gasteiger partial charge in [0.25, 0.3) is 0 Å². The third kappa shape index (κ3) is 3.64. The van der Waals surface area contributed by atoms with E-state index in [2.05, 4.69) is 25.7 Å². The molecule has 3 aliphatic rings. The second-order valence-electron chi connectivity index (χ2n) is 9.03. The number of hydrogen-bond acceptors (Lipinski definition) is 10. The molecule has 1 N–H and O–H groups in total. The van der Waals surface area contributed by atoms with E-state index in [0.29, 0.717) is 54.3 Å². The number of aryl methyl sites for hydroxylation is 1. The van der Waals surface area contributed by atoms with Crippen molar-refractivity contribution in [2.75, 3.05) is 32.8 Å². The van der Waals surface area contributed by atoms with Crippen molar-refractivity contribution in [1.29, 1.82) is 0 Å². The fourth-order valence-electron chi connectivity index (χ4n) is 5.01. The summed E-state index contributed by atoms with van der Waals surface area (Å²) in [6, 6.07) is 1.71. The number of amides is 1. The second kappa shape index (κ2) is 8.47. The van der Waals surface area contributed by atoms with Crippen molar-refractivity contribution >= 4 is 11.9 Å². The summed E-state index contributed by atoms with van der Waals surface area (Å²) in [4.78, 5) is 28.3. The van der Waals surface area contributed by atoms with Crippen LogP contribution in [0.15, 0.2) is 23.7 Å². The zero-order chi connectivity index (χ0) is 24.0. The maximum Gasteiger partial charge on any atom is 0.336 e. The lowest BCUT2D eigenvalue weighted by Gasteiger charge is -2.41. The van der Waals surface area contributed by atoms with E-state index in [1.165, 1.54) is 15.9 Å². The highest BCUT2D eigenvalue weighted by molar-refractivity contribution is 5.94. The summed E-state index contributed by atoms with van der Waals surface area (Å²) in [6.45, 7) is 4.49. The number of hydrogen-bond donors (Lipinski definition) is 1. The number of halogens is 1. The van der Waals surface area contributed by atoms with Gasteiger partial charge in [0.2, 0.25) is 5.91 Å². The van der Waals surface area contributed by atoms with Gasteiger partial charge in [-0.25, -0.2) is 9.18 Å². The van der Waals surface area contributed by atoms with Crippen LogP contribution in [-0.2, 0) is 14.3 Å². The SMILES string of the molecule is CC1=C(N2CCC3(CCN(CC(O)c4nnc(-n5cnnn5)cc4C)CC3F)C2=O)COC1=O. The molecule has 0 aromatic carbocycles. The summed E-state index contributed by atoms with van der Waals surface area (Å²) < 4.78 is 21.9. The molecule has 1 spiro atoms. The van der Waals surface area contributed by atoms with Crippen LogP contribution in [-0.4, -0.2) is 96.1 Å². The number of β-amino-alcohol motifs (C(OH)–C–C–N with tert-alkyl or cyclic N) is 1.